The molecule has 3 aromatic rings. The molecule has 0 aliphatic carbocycles. The maximum atomic E-state index is 14.1. The van der Waals surface area contributed by atoms with Crippen molar-refractivity contribution in [3.63, 3.8) is 0 Å². The first-order chi connectivity index (χ1) is 13.3. The Balaban J connectivity index is 1.81. The average molecular weight is 393 g/mol. The minimum Gasteiger partial charge on any atom is -0.441 e. The number of aromatic nitrogens is 5. The lowest BCUT2D eigenvalue weighted by Gasteiger charge is -2.15. The Morgan fingerprint density at radius 1 is 1.21 bits per heavy atom. The Hall–Kier alpha value is -3.70. The predicted molar refractivity (Wildman–Crippen MR) is 91.3 cm³/mol. The fourth-order valence-corrected chi connectivity index (χ4v) is 2.36. The van der Waals surface area contributed by atoms with Crippen LogP contribution in [0.5, 0.6) is 0 Å². The van der Waals surface area contributed by atoms with Crippen molar-refractivity contribution >= 4 is 17.6 Å². The van der Waals surface area contributed by atoms with E-state index in [1.807, 2.05) is 0 Å². The normalized spacial score (nSPS) is 11.9. The summed E-state index contributed by atoms with van der Waals surface area (Å²) in [6.07, 6.45) is -0.262. The van der Waals surface area contributed by atoms with E-state index < -0.39 is 29.8 Å². The van der Waals surface area contributed by atoms with Gasteiger partial charge >= 0.3 is 6.09 Å². The van der Waals surface area contributed by atoms with E-state index in [0.717, 1.165) is 16.8 Å². The van der Waals surface area contributed by atoms with Crippen LogP contribution in [0.25, 0.3) is 11.4 Å². The van der Waals surface area contributed by atoms with Crippen LogP contribution in [0.1, 0.15) is 18.6 Å². The van der Waals surface area contributed by atoms with Gasteiger partial charge in [0.25, 0.3) is 0 Å². The van der Waals surface area contributed by atoms with E-state index in [4.69, 9.17) is 10.5 Å². The zero-order chi connectivity index (χ0) is 20.4. The van der Waals surface area contributed by atoms with Gasteiger partial charge in [-0.05, 0) is 13.0 Å². The van der Waals surface area contributed by atoms with Crippen molar-refractivity contribution in [2.45, 2.75) is 13.0 Å². The number of anilines is 2. The van der Waals surface area contributed by atoms with E-state index >= 15 is 0 Å². The zero-order valence-corrected chi connectivity index (χ0v) is 14.7. The number of hydrogen-bond donors (Lipinski definition) is 2. The van der Waals surface area contributed by atoms with Crippen molar-refractivity contribution in [1.29, 1.82) is 0 Å². The number of hydrogen-bond acceptors (Lipinski definition) is 7. The minimum absolute atomic E-state index is 0.0220. The van der Waals surface area contributed by atoms with Gasteiger partial charge in [-0.15, -0.1) is 5.10 Å². The van der Waals surface area contributed by atoms with Crippen molar-refractivity contribution < 1.29 is 22.7 Å². The number of amides is 1. The van der Waals surface area contributed by atoms with Crippen molar-refractivity contribution in [3.8, 4) is 11.4 Å². The van der Waals surface area contributed by atoms with Gasteiger partial charge in [0.05, 0.1) is 23.6 Å². The van der Waals surface area contributed by atoms with Crippen molar-refractivity contribution in [2.24, 2.45) is 7.05 Å². The third-order valence-corrected chi connectivity index (χ3v) is 3.69. The average Bonchev–Trinajstić information content (AvgIpc) is 2.97. The number of aryl methyl sites for hydroxylation is 1. The summed E-state index contributed by atoms with van der Waals surface area (Å²) < 4.78 is 47.3. The molecule has 0 radical (unpaired) electrons. The third kappa shape index (κ3) is 3.84. The molecule has 3 heterocycles. The highest BCUT2D eigenvalue weighted by Crippen LogP contribution is 2.27. The lowest BCUT2D eigenvalue weighted by atomic mass is 10.2. The Labute approximate surface area is 156 Å². The van der Waals surface area contributed by atoms with E-state index in [2.05, 4.69) is 25.6 Å². The van der Waals surface area contributed by atoms with Crippen molar-refractivity contribution in [2.75, 3.05) is 11.1 Å². The number of nitrogens with two attached hydrogens (primary N) is 1. The summed E-state index contributed by atoms with van der Waals surface area (Å²) in [5.74, 6) is -2.54. The van der Waals surface area contributed by atoms with Crippen LogP contribution in [0.3, 0.4) is 0 Å². The molecule has 0 unspecified atom stereocenters. The molecule has 3 N–H and O–H groups in total. The van der Waals surface area contributed by atoms with Crippen LogP contribution in [-0.2, 0) is 11.8 Å². The number of carbonyl (C=O) groups excluding carboxylic acids is 1. The van der Waals surface area contributed by atoms with Crippen molar-refractivity contribution in [3.05, 3.63) is 47.7 Å². The molecule has 0 bridgehead atoms. The summed E-state index contributed by atoms with van der Waals surface area (Å²) >= 11 is 0. The zero-order valence-electron chi connectivity index (χ0n) is 14.7. The van der Waals surface area contributed by atoms with Crippen molar-refractivity contribution in [1.82, 2.24) is 25.0 Å². The Morgan fingerprint density at radius 2 is 1.96 bits per heavy atom. The molecule has 3 aromatic heterocycles. The maximum absolute atomic E-state index is 14.1. The Bertz CT molecular complexity index is 1040. The van der Waals surface area contributed by atoms with Gasteiger partial charge in [-0.2, -0.15) is 4.39 Å². The Morgan fingerprint density at radius 3 is 2.68 bits per heavy atom. The summed E-state index contributed by atoms with van der Waals surface area (Å²) in [4.78, 5) is 19.3. The summed E-state index contributed by atoms with van der Waals surface area (Å²) in [5.41, 5.74) is 5.08. The largest absolute Gasteiger partial charge is 0.441 e. The molecule has 0 spiro atoms. The van der Waals surface area contributed by atoms with E-state index in [1.165, 1.54) is 20.2 Å². The van der Waals surface area contributed by atoms with Gasteiger partial charge in [0, 0.05) is 13.1 Å². The predicted octanol–water partition coefficient (Wildman–Crippen LogP) is 2.58. The van der Waals surface area contributed by atoms with Crippen LogP contribution in [0.2, 0.25) is 0 Å². The SMILES string of the molecule is C[C@@H](OC(=O)Nc1c(-c2ncc(N)cc2F)nnn1C)c1cc(F)cnc1F. The summed E-state index contributed by atoms with van der Waals surface area (Å²) in [6.45, 7) is 1.34. The third-order valence-electron chi connectivity index (χ3n) is 3.69. The molecule has 0 fully saturated rings. The molecule has 1 atom stereocenters. The molecule has 146 valence electrons. The van der Waals surface area contributed by atoms with Crippen LogP contribution in [0.4, 0.5) is 29.5 Å². The molecule has 3 rings (SSSR count). The standard InChI is InChI=1S/C16H14F3N7O2/c1-7(10-3-8(17)5-22-14(10)19)28-16(27)23-15-13(24-25-26(15)2)12-11(18)4-9(20)6-21-12/h3-7H,20H2,1-2H3,(H,23,27)/t7-/m1/s1. The fourth-order valence-electron chi connectivity index (χ4n) is 2.36. The molecule has 12 heteroatoms. The highest BCUT2D eigenvalue weighted by Gasteiger charge is 2.23. The van der Waals surface area contributed by atoms with Gasteiger partial charge < -0.3 is 10.5 Å². The van der Waals surface area contributed by atoms with Gasteiger partial charge in [-0.25, -0.2) is 28.2 Å². The van der Waals surface area contributed by atoms with Crippen LogP contribution < -0.4 is 11.1 Å². The number of rotatable bonds is 4. The molecule has 0 aromatic carbocycles. The molecule has 0 saturated carbocycles. The molecule has 0 aliphatic heterocycles. The van der Waals surface area contributed by atoms with Crippen LogP contribution >= 0.6 is 0 Å². The topological polar surface area (TPSA) is 121 Å². The second-order valence-electron chi connectivity index (χ2n) is 5.72. The minimum atomic E-state index is -1.15. The smallest absolute Gasteiger partial charge is 0.413 e. The van der Waals surface area contributed by atoms with Gasteiger partial charge in [-0.3, -0.25) is 5.32 Å². The van der Waals surface area contributed by atoms with E-state index in [0.29, 0.717) is 6.20 Å². The van der Waals surface area contributed by atoms with Gasteiger partial charge in [0.15, 0.2) is 17.3 Å². The second-order valence-corrected chi connectivity index (χ2v) is 5.72. The van der Waals surface area contributed by atoms with Crippen LogP contribution in [0.15, 0.2) is 24.5 Å². The number of halogens is 3. The second kappa shape index (κ2) is 7.50. The van der Waals surface area contributed by atoms with Gasteiger partial charge in [0.1, 0.15) is 17.6 Å². The number of ether oxygens (including phenoxy) is 1. The molecule has 28 heavy (non-hydrogen) atoms. The molecular weight excluding hydrogens is 379 g/mol. The molecule has 0 saturated heterocycles. The highest BCUT2D eigenvalue weighted by molar-refractivity contribution is 5.88. The summed E-state index contributed by atoms with van der Waals surface area (Å²) in [7, 11) is 1.45. The van der Waals surface area contributed by atoms with Crippen LogP contribution in [0, 0.1) is 17.6 Å². The van der Waals surface area contributed by atoms with E-state index in [-0.39, 0.29) is 28.5 Å². The Kier molecular flexibility index (Phi) is 5.11. The van der Waals surface area contributed by atoms with E-state index in [9.17, 15) is 18.0 Å². The molecular formula is C16H14F3N7O2. The quantitative estimate of drug-likeness (QED) is 0.654. The summed E-state index contributed by atoms with van der Waals surface area (Å²) in [5, 5.41) is 9.82. The summed E-state index contributed by atoms with van der Waals surface area (Å²) in [6, 6.07) is 1.91. The highest BCUT2D eigenvalue weighted by atomic mass is 19.1. The number of nitrogens with one attached hydrogen (secondary N) is 1. The van der Waals surface area contributed by atoms with Gasteiger partial charge in [-0.1, -0.05) is 5.21 Å². The first kappa shape index (κ1) is 19.1. The molecule has 1 amide bonds. The number of nitrogen functional groups attached to an aromatic ring is 1. The first-order valence-corrected chi connectivity index (χ1v) is 7.86. The van der Waals surface area contributed by atoms with Crippen LogP contribution in [-0.4, -0.2) is 31.1 Å². The first-order valence-electron chi connectivity index (χ1n) is 7.86. The fraction of sp³-hybridized carbons (Fsp3) is 0.188. The van der Waals surface area contributed by atoms with E-state index in [1.54, 1.807) is 0 Å². The maximum Gasteiger partial charge on any atom is 0.413 e. The lowest BCUT2D eigenvalue weighted by molar-refractivity contribution is 0.118. The number of carbonyl (C=O) groups is 1. The monoisotopic (exact) mass is 393 g/mol. The van der Waals surface area contributed by atoms with Gasteiger partial charge in [0.2, 0.25) is 5.95 Å². The number of pyridine rings is 2. The lowest BCUT2D eigenvalue weighted by Crippen LogP contribution is -2.19. The number of nitrogens with zero attached hydrogens (tertiary/aromatic N) is 5. The molecule has 0 aliphatic rings. The molecule has 9 nitrogen and oxygen atoms in total.